The highest BCUT2D eigenvalue weighted by molar-refractivity contribution is 7.88. The minimum atomic E-state index is -3.80. The van der Waals surface area contributed by atoms with Crippen molar-refractivity contribution in [3.63, 3.8) is 0 Å². The number of hydrogen-bond acceptors (Lipinski definition) is 10. The molecular formula is C35H51ClN6O8S2. The largest absolute Gasteiger partial charge is 0.444 e. The number of amides is 3. The minimum Gasteiger partial charge on any atom is -0.444 e. The second kappa shape index (κ2) is 18.1. The molecular weight excluding hydrogens is 732 g/mol. The lowest BCUT2D eigenvalue weighted by Gasteiger charge is -2.34. The molecule has 4 rings (SSSR count). The number of carbonyl (C=O) groups is 3. The molecule has 1 aromatic carbocycles. The number of rotatable bonds is 14. The number of oxime groups is 1. The first kappa shape index (κ1) is 41.3. The Labute approximate surface area is 315 Å². The number of thiophene rings is 1. The third-order valence-electron chi connectivity index (χ3n) is 9.08. The summed E-state index contributed by atoms with van der Waals surface area (Å²) in [6.07, 6.45) is 2.54. The van der Waals surface area contributed by atoms with Gasteiger partial charge >= 0.3 is 6.09 Å². The maximum atomic E-state index is 14.4. The Morgan fingerprint density at radius 3 is 2.42 bits per heavy atom. The Hall–Kier alpha value is -3.44. The number of amidine groups is 1. The lowest BCUT2D eigenvalue weighted by molar-refractivity contribution is -0.145. The fourth-order valence-corrected chi connectivity index (χ4v) is 8.19. The summed E-state index contributed by atoms with van der Waals surface area (Å²) in [5, 5.41) is 12.7. The molecule has 2 fully saturated rings. The SMILES string of the molecule is CCN(Cc1ccc(C(N)=NO)s1)C(=O)[C@@H]1C[C@@H](OCc2ccc(Cl)cc2)CN1C(=O)[C@@H](CCC1CCN(C(=O)OC(C)(C)C)CC1)NS(C)(=O)=O. The third-order valence-corrected chi connectivity index (χ3v) is 11.1. The molecule has 3 heterocycles. The van der Waals surface area contributed by atoms with Crippen molar-refractivity contribution in [1.82, 2.24) is 19.4 Å². The number of likely N-dealkylation sites (N-methyl/N-ethyl adjacent to an activating group) is 1. The zero-order valence-electron chi connectivity index (χ0n) is 30.4. The number of nitrogens with one attached hydrogen (secondary N) is 1. The highest BCUT2D eigenvalue weighted by Crippen LogP contribution is 2.29. The molecule has 4 N–H and O–H groups in total. The van der Waals surface area contributed by atoms with Gasteiger partial charge in [0, 0.05) is 42.5 Å². The van der Waals surface area contributed by atoms with Crippen LogP contribution in [0, 0.1) is 5.92 Å². The van der Waals surface area contributed by atoms with Crippen LogP contribution in [0.25, 0.3) is 0 Å². The Kier molecular flexibility index (Phi) is 14.3. The lowest BCUT2D eigenvalue weighted by atomic mass is 9.90. The Balaban J connectivity index is 1.50. The van der Waals surface area contributed by atoms with Gasteiger partial charge in [-0.25, -0.2) is 17.9 Å². The van der Waals surface area contributed by atoms with E-state index in [4.69, 9.17) is 32.0 Å². The van der Waals surface area contributed by atoms with Crippen molar-refractivity contribution in [2.45, 2.75) is 96.7 Å². The smallest absolute Gasteiger partial charge is 0.410 e. The van der Waals surface area contributed by atoms with Gasteiger partial charge in [0.1, 0.15) is 17.7 Å². The van der Waals surface area contributed by atoms with Crippen molar-refractivity contribution >= 4 is 56.7 Å². The van der Waals surface area contributed by atoms with Gasteiger partial charge in [-0.1, -0.05) is 28.9 Å². The van der Waals surface area contributed by atoms with E-state index in [1.807, 2.05) is 39.8 Å². The summed E-state index contributed by atoms with van der Waals surface area (Å²) in [5.74, 6) is -0.649. The first-order valence-corrected chi connectivity index (χ1v) is 20.5. The molecule has 288 valence electrons. The summed E-state index contributed by atoms with van der Waals surface area (Å²) in [6.45, 7) is 9.23. The van der Waals surface area contributed by atoms with E-state index in [2.05, 4.69) is 9.88 Å². The van der Waals surface area contributed by atoms with Crippen LogP contribution in [0.5, 0.6) is 0 Å². The van der Waals surface area contributed by atoms with Crippen LogP contribution in [0.1, 0.15) is 75.1 Å². The lowest BCUT2D eigenvalue weighted by Crippen LogP contribution is -2.54. The predicted molar refractivity (Wildman–Crippen MR) is 200 cm³/mol. The number of hydrogen-bond donors (Lipinski definition) is 3. The highest BCUT2D eigenvalue weighted by atomic mass is 35.5. The molecule has 0 aliphatic carbocycles. The number of halogens is 1. The number of carbonyl (C=O) groups excluding carboxylic acids is 3. The quantitative estimate of drug-likeness (QED) is 0.108. The van der Waals surface area contributed by atoms with Crippen LogP contribution < -0.4 is 10.5 Å². The van der Waals surface area contributed by atoms with E-state index in [1.165, 1.54) is 16.2 Å². The van der Waals surface area contributed by atoms with E-state index in [1.54, 1.807) is 34.1 Å². The Bertz CT molecular complexity index is 1670. The van der Waals surface area contributed by atoms with Crippen molar-refractivity contribution in [3.05, 3.63) is 56.7 Å². The molecule has 2 aromatic rings. The van der Waals surface area contributed by atoms with Crippen LogP contribution in [0.4, 0.5) is 4.79 Å². The van der Waals surface area contributed by atoms with E-state index < -0.39 is 39.7 Å². The van der Waals surface area contributed by atoms with E-state index in [-0.39, 0.29) is 56.3 Å². The second-order valence-corrected chi connectivity index (χ2v) is 17.7. The number of nitrogens with zero attached hydrogens (tertiary/aromatic N) is 4. The topological polar surface area (TPSA) is 184 Å². The molecule has 17 heteroatoms. The van der Waals surface area contributed by atoms with Crippen molar-refractivity contribution in [2.24, 2.45) is 16.8 Å². The van der Waals surface area contributed by atoms with E-state index in [9.17, 15) is 22.8 Å². The zero-order chi connectivity index (χ0) is 38.2. The summed E-state index contributed by atoms with van der Waals surface area (Å²) in [6, 6.07) is 8.72. The first-order chi connectivity index (χ1) is 24.5. The fraction of sp³-hybridized carbons (Fsp3) is 0.600. The van der Waals surface area contributed by atoms with Crippen molar-refractivity contribution in [2.75, 3.05) is 32.4 Å². The number of likely N-dealkylation sites (tertiary alicyclic amines) is 2. The monoisotopic (exact) mass is 782 g/mol. The molecule has 2 aliphatic rings. The van der Waals surface area contributed by atoms with Crippen LogP contribution in [-0.4, -0.2) is 108 Å². The number of benzene rings is 1. The second-order valence-electron chi connectivity index (χ2n) is 14.3. The maximum Gasteiger partial charge on any atom is 0.410 e. The molecule has 0 unspecified atom stereocenters. The molecule has 2 saturated heterocycles. The summed E-state index contributed by atoms with van der Waals surface area (Å²) in [7, 11) is -3.80. The van der Waals surface area contributed by atoms with Gasteiger partial charge in [-0.2, -0.15) is 0 Å². The molecule has 0 spiro atoms. The Morgan fingerprint density at radius 1 is 1.15 bits per heavy atom. The number of piperidine rings is 1. The number of sulfonamides is 1. The van der Waals surface area contributed by atoms with Gasteiger partial charge in [0.15, 0.2) is 5.84 Å². The van der Waals surface area contributed by atoms with Gasteiger partial charge in [0.25, 0.3) is 0 Å². The molecule has 0 bridgehead atoms. The molecule has 52 heavy (non-hydrogen) atoms. The van der Waals surface area contributed by atoms with Crippen molar-refractivity contribution < 1.29 is 37.5 Å². The highest BCUT2D eigenvalue weighted by Gasteiger charge is 2.44. The van der Waals surface area contributed by atoms with Crippen LogP contribution in [0.2, 0.25) is 5.02 Å². The van der Waals surface area contributed by atoms with Crippen LogP contribution in [0.15, 0.2) is 41.6 Å². The molecule has 3 amide bonds. The Morgan fingerprint density at radius 2 is 1.83 bits per heavy atom. The molecule has 0 radical (unpaired) electrons. The first-order valence-electron chi connectivity index (χ1n) is 17.4. The van der Waals surface area contributed by atoms with E-state index in [0.29, 0.717) is 48.8 Å². The van der Waals surface area contributed by atoms with Gasteiger partial charge in [-0.15, -0.1) is 11.3 Å². The predicted octanol–water partition coefficient (Wildman–Crippen LogP) is 4.38. The standard InChI is InChI=1S/C35H51ClN6O8S2/c1-6-40(21-27-12-14-30(51-27)31(37)38-46)33(44)29-19-26(49-22-24-7-10-25(36)11-8-24)20-42(29)32(43)28(39-52(5,47)48)13-9-23-15-17-41(18-16-23)34(45)50-35(2,3)4/h7-8,10-12,14,23,26,28-29,39,46H,6,9,13,15-22H2,1-5H3,(H2,37,38)/t26-,28-,29+/m1/s1. The van der Waals surface area contributed by atoms with Gasteiger partial charge in [-0.05, 0) is 89.1 Å². The average Bonchev–Trinajstić information content (AvgIpc) is 3.74. The van der Waals surface area contributed by atoms with Crippen molar-refractivity contribution in [1.29, 1.82) is 0 Å². The van der Waals surface area contributed by atoms with Crippen LogP contribution in [-0.2, 0) is 42.2 Å². The zero-order valence-corrected chi connectivity index (χ0v) is 32.8. The maximum absolute atomic E-state index is 14.4. The molecule has 0 saturated carbocycles. The normalized spacial score (nSPS) is 19.5. The molecule has 1 aromatic heterocycles. The third kappa shape index (κ3) is 12.0. The molecule has 3 atom stereocenters. The van der Waals surface area contributed by atoms with E-state index in [0.717, 1.165) is 16.7 Å². The minimum absolute atomic E-state index is 0.0307. The summed E-state index contributed by atoms with van der Waals surface area (Å²) in [4.78, 5) is 47.3. The van der Waals surface area contributed by atoms with Crippen molar-refractivity contribution in [3.8, 4) is 0 Å². The summed E-state index contributed by atoms with van der Waals surface area (Å²) >= 11 is 7.33. The number of nitrogens with two attached hydrogens (primary N) is 1. The average molecular weight is 783 g/mol. The number of ether oxygens (including phenoxy) is 2. The summed E-state index contributed by atoms with van der Waals surface area (Å²) in [5.41, 5.74) is 6.03. The summed E-state index contributed by atoms with van der Waals surface area (Å²) < 4.78 is 39.4. The molecule has 14 nitrogen and oxygen atoms in total. The molecule has 2 aliphatic heterocycles. The van der Waals surface area contributed by atoms with Gasteiger partial charge in [0.05, 0.1) is 30.4 Å². The fourth-order valence-electron chi connectivity index (χ4n) is 6.41. The van der Waals surface area contributed by atoms with Gasteiger partial charge in [0.2, 0.25) is 21.8 Å². The van der Waals surface area contributed by atoms with Gasteiger partial charge < -0.3 is 35.1 Å². The van der Waals surface area contributed by atoms with Gasteiger partial charge in [-0.3, -0.25) is 9.59 Å². The van der Waals surface area contributed by atoms with E-state index >= 15 is 0 Å². The van der Waals surface area contributed by atoms with Crippen LogP contribution >= 0.6 is 22.9 Å². The van der Waals surface area contributed by atoms with Crippen LogP contribution in [0.3, 0.4) is 0 Å².